The second-order valence-corrected chi connectivity index (χ2v) is 7.17. The first-order chi connectivity index (χ1) is 11.7. The Morgan fingerprint density at radius 1 is 1.12 bits per heavy atom. The molecule has 5 nitrogen and oxygen atoms in total. The van der Waals surface area contributed by atoms with E-state index >= 15 is 0 Å². The van der Waals surface area contributed by atoms with Gasteiger partial charge in [0, 0.05) is 68.0 Å². The number of pyridine rings is 1. The first-order valence-corrected chi connectivity index (χ1v) is 8.99. The molecule has 144 valence electrons. The largest absolute Gasteiger partial charge is 0.357 e. The Bertz CT molecular complexity index is 781. The van der Waals surface area contributed by atoms with Crippen molar-refractivity contribution >= 4 is 35.7 Å². The van der Waals surface area contributed by atoms with Crippen LogP contribution < -0.4 is 10.7 Å². The number of rotatable bonds is 3. The van der Waals surface area contributed by atoms with Crippen LogP contribution in [0.15, 0.2) is 29.1 Å². The average molecular weight is 399 g/mol. The van der Waals surface area contributed by atoms with Crippen LogP contribution in [0.3, 0.4) is 0 Å². The fourth-order valence-electron chi connectivity index (χ4n) is 3.98. The molecule has 1 unspecified atom stereocenters. The topological polar surface area (TPSA) is 51.4 Å². The lowest BCUT2D eigenvalue weighted by Gasteiger charge is -2.37. The van der Waals surface area contributed by atoms with Crippen LogP contribution in [0.2, 0.25) is 0 Å². The summed E-state index contributed by atoms with van der Waals surface area (Å²) in [4.78, 5) is 20.9. The third kappa shape index (κ3) is 4.59. The number of hydrogen-bond acceptors (Lipinski definition) is 4. The van der Waals surface area contributed by atoms with Gasteiger partial charge < -0.3 is 10.3 Å². The summed E-state index contributed by atoms with van der Waals surface area (Å²) in [6, 6.07) is 8.52. The number of nitrogens with zero attached hydrogens (tertiary/aromatic N) is 2. The zero-order chi connectivity index (χ0) is 16.5. The third-order valence-electron chi connectivity index (χ3n) is 5.39. The van der Waals surface area contributed by atoms with Crippen molar-refractivity contribution in [2.24, 2.45) is 0 Å². The Morgan fingerprint density at radius 2 is 1.88 bits per heavy atom. The van der Waals surface area contributed by atoms with Gasteiger partial charge >= 0.3 is 0 Å². The number of aromatic nitrogens is 1. The van der Waals surface area contributed by atoms with Gasteiger partial charge in [-0.3, -0.25) is 14.6 Å². The molecule has 1 aromatic carbocycles. The molecule has 3 heterocycles. The van der Waals surface area contributed by atoms with Crippen molar-refractivity contribution in [3.8, 4) is 0 Å². The number of hydrogen-bond donors (Lipinski definition) is 2. The summed E-state index contributed by atoms with van der Waals surface area (Å²) in [5.74, 6) is 0. The second kappa shape index (κ2) is 9.20. The predicted molar refractivity (Wildman–Crippen MR) is 112 cm³/mol. The maximum Gasteiger partial charge on any atom is 0.189 e. The molecular formula is C19H28Cl2N4O. The van der Waals surface area contributed by atoms with E-state index in [1.807, 2.05) is 19.1 Å². The molecule has 4 rings (SSSR count). The highest BCUT2D eigenvalue weighted by Gasteiger charge is 2.26. The summed E-state index contributed by atoms with van der Waals surface area (Å²) in [5, 5.41) is 4.24. The van der Waals surface area contributed by atoms with E-state index in [0.29, 0.717) is 0 Å². The molecule has 1 atom stereocenters. The van der Waals surface area contributed by atoms with Crippen molar-refractivity contribution in [1.29, 1.82) is 0 Å². The molecular weight excluding hydrogens is 371 g/mol. The predicted octanol–water partition coefficient (Wildman–Crippen LogP) is 2.16. The van der Waals surface area contributed by atoms with Crippen molar-refractivity contribution in [3.63, 3.8) is 0 Å². The molecule has 2 aliphatic heterocycles. The molecule has 2 saturated heterocycles. The summed E-state index contributed by atoms with van der Waals surface area (Å²) >= 11 is 0. The van der Waals surface area contributed by atoms with E-state index in [1.54, 1.807) is 6.07 Å². The Labute approximate surface area is 167 Å². The average Bonchev–Trinajstić information content (AvgIpc) is 3.11. The van der Waals surface area contributed by atoms with Crippen LogP contribution in [0.25, 0.3) is 10.9 Å². The van der Waals surface area contributed by atoms with Crippen molar-refractivity contribution in [1.82, 2.24) is 20.1 Å². The molecule has 0 amide bonds. The highest BCUT2D eigenvalue weighted by atomic mass is 35.5. The first-order valence-electron chi connectivity index (χ1n) is 8.99. The lowest BCUT2D eigenvalue weighted by atomic mass is 10.1. The first kappa shape index (κ1) is 21.2. The SMILES string of the molecule is Cc1ccc2[nH]c(CN3CCN(C4CCNC4)CC3)cc(=O)c2c1.Cl.Cl. The number of aryl methyl sites for hydroxylation is 1. The molecule has 1 aromatic heterocycles. The van der Waals surface area contributed by atoms with Crippen LogP contribution in [0.1, 0.15) is 17.7 Å². The van der Waals surface area contributed by atoms with Gasteiger partial charge in [0.15, 0.2) is 5.43 Å². The maximum absolute atomic E-state index is 12.4. The Balaban J connectivity index is 0.00000121. The van der Waals surface area contributed by atoms with E-state index in [4.69, 9.17) is 0 Å². The molecule has 2 fully saturated rings. The highest BCUT2D eigenvalue weighted by Crippen LogP contribution is 2.15. The van der Waals surface area contributed by atoms with E-state index in [0.717, 1.165) is 74.0 Å². The maximum atomic E-state index is 12.4. The van der Waals surface area contributed by atoms with Gasteiger partial charge in [-0.1, -0.05) is 11.6 Å². The Kier molecular flexibility index (Phi) is 7.50. The molecule has 26 heavy (non-hydrogen) atoms. The van der Waals surface area contributed by atoms with Gasteiger partial charge in [-0.15, -0.1) is 24.8 Å². The number of fused-ring (bicyclic) bond motifs is 1. The summed E-state index contributed by atoms with van der Waals surface area (Å²) in [6.45, 7) is 9.55. The van der Waals surface area contributed by atoms with E-state index in [1.165, 1.54) is 6.42 Å². The number of benzene rings is 1. The lowest BCUT2D eigenvalue weighted by molar-refractivity contribution is 0.0974. The number of H-pyrrole nitrogens is 1. The molecule has 7 heteroatoms. The minimum atomic E-state index is 0. The molecule has 2 aromatic rings. The molecule has 0 spiro atoms. The Morgan fingerprint density at radius 3 is 2.58 bits per heavy atom. The van der Waals surface area contributed by atoms with Crippen molar-refractivity contribution in [2.45, 2.75) is 25.9 Å². The molecule has 0 saturated carbocycles. The van der Waals surface area contributed by atoms with Crippen molar-refractivity contribution in [3.05, 3.63) is 45.7 Å². The van der Waals surface area contributed by atoms with Crippen LogP contribution in [0.5, 0.6) is 0 Å². The van der Waals surface area contributed by atoms with Gasteiger partial charge in [0.1, 0.15) is 0 Å². The van der Waals surface area contributed by atoms with Crippen LogP contribution in [0.4, 0.5) is 0 Å². The number of nitrogens with one attached hydrogen (secondary N) is 2. The molecule has 2 aliphatic rings. The zero-order valence-corrected chi connectivity index (χ0v) is 16.8. The van der Waals surface area contributed by atoms with Gasteiger partial charge in [0.05, 0.1) is 0 Å². The van der Waals surface area contributed by atoms with Gasteiger partial charge in [-0.05, 0) is 32.0 Å². The third-order valence-corrected chi connectivity index (χ3v) is 5.39. The summed E-state index contributed by atoms with van der Waals surface area (Å²) in [7, 11) is 0. The summed E-state index contributed by atoms with van der Waals surface area (Å²) in [6.07, 6.45) is 1.28. The van der Waals surface area contributed by atoms with Crippen molar-refractivity contribution in [2.75, 3.05) is 39.3 Å². The van der Waals surface area contributed by atoms with Gasteiger partial charge in [-0.25, -0.2) is 0 Å². The molecule has 0 aliphatic carbocycles. The van der Waals surface area contributed by atoms with Crippen LogP contribution in [-0.4, -0.2) is 60.1 Å². The normalized spacial score (nSPS) is 21.3. The van der Waals surface area contributed by atoms with Gasteiger partial charge in [0.25, 0.3) is 0 Å². The zero-order valence-electron chi connectivity index (χ0n) is 15.2. The standard InChI is InChI=1S/C19H26N4O.2ClH/c1-14-2-3-18-17(10-14)19(24)11-15(21-18)13-22-6-8-23(9-7-22)16-4-5-20-12-16;;/h2-3,10-11,16,20H,4-9,12-13H2,1H3,(H,21,24);2*1H. The van der Waals surface area contributed by atoms with E-state index in [-0.39, 0.29) is 30.2 Å². The quantitative estimate of drug-likeness (QED) is 0.831. The highest BCUT2D eigenvalue weighted by molar-refractivity contribution is 5.85. The number of aromatic amines is 1. The van der Waals surface area contributed by atoms with Crippen LogP contribution >= 0.6 is 24.8 Å². The number of piperazine rings is 1. The second-order valence-electron chi connectivity index (χ2n) is 7.17. The smallest absolute Gasteiger partial charge is 0.189 e. The summed E-state index contributed by atoms with van der Waals surface area (Å²) in [5.41, 5.74) is 3.21. The van der Waals surface area contributed by atoms with Crippen LogP contribution in [0, 0.1) is 6.92 Å². The number of halogens is 2. The van der Waals surface area contributed by atoms with E-state index in [9.17, 15) is 4.79 Å². The minimum absolute atomic E-state index is 0. The monoisotopic (exact) mass is 398 g/mol. The summed E-state index contributed by atoms with van der Waals surface area (Å²) < 4.78 is 0. The van der Waals surface area contributed by atoms with E-state index in [2.05, 4.69) is 26.2 Å². The lowest BCUT2D eigenvalue weighted by Crippen LogP contribution is -2.50. The van der Waals surface area contributed by atoms with E-state index < -0.39 is 0 Å². The molecule has 0 bridgehead atoms. The minimum Gasteiger partial charge on any atom is -0.357 e. The van der Waals surface area contributed by atoms with Gasteiger partial charge in [-0.2, -0.15) is 0 Å². The molecule has 0 radical (unpaired) electrons. The van der Waals surface area contributed by atoms with Gasteiger partial charge in [0.2, 0.25) is 0 Å². The van der Waals surface area contributed by atoms with Crippen molar-refractivity contribution < 1.29 is 0 Å². The van der Waals surface area contributed by atoms with Crippen LogP contribution in [-0.2, 0) is 6.54 Å². The fourth-order valence-corrected chi connectivity index (χ4v) is 3.98. The Hall–Kier alpha value is -1.11. The molecule has 2 N–H and O–H groups in total. The fraction of sp³-hybridized carbons (Fsp3) is 0.526.